The first-order valence-electron chi connectivity index (χ1n) is 20.5. The molecular formula is C51H49B3N6S2. The minimum Gasteiger partial charge on any atom is -0.339 e. The zero-order chi connectivity index (χ0) is 44.3. The van der Waals surface area contributed by atoms with Gasteiger partial charge in [-0.2, -0.15) is 0 Å². The molecule has 11 heteroatoms. The molecule has 0 radical (unpaired) electrons. The number of thiazole rings is 2. The van der Waals surface area contributed by atoms with E-state index in [0.29, 0.717) is 28.4 Å². The number of benzene rings is 2. The van der Waals surface area contributed by atoms with Crippen LogP contribution in [0.25, 0.3) is 76.5 Å². The average molecular weight is 843 g/mol. The molecule has 0 saturated heterocycles. The molecule has 0 aliphatic carbocycles. The molecule has 304 valence electrons. The van der Waals surface area contributed by atoms with Crippen LogP contribution < -0.4 is 20.4 Å². The predicted molar refractivity (Wildman–Crippen MR) is 280 cm³/mol. The van der Waals surface area contributed by atoms with Crippen LogP contribution in [-0.2, 0) is 0 Å². The SMILES string of the molecule is Bc1nc(/C=C(\BC)n2c(C)c(/C=C\C=C)c(/C=C(C=C)/C(C)=C/C(=C\C=C)c3n/c(=C/C(=C)c4nc(-c5ccccc5)nc(-c5ccccc5)n4)c(=C)s3)c2BC)c(C=C)s1. The monoisotopic (exact) mass is 842 g/mol. The molecule has 62 heavy (non-hydrogen) atoms. The molecule has 2 aromatic carbocycles. The van der Waals surface area contributed by atoms with E-state index in [1.54, 1.807) is 17.4 Å². The quantitative estimate of drug-likeness (QED) is 0.0681. The van der Waals surface area contributed by atoms with Crippen molar-refractivity contribution >= 4 is 109 Å². The Morgan fingerprint density at radius 3 is 2.05 bits per heavy atom. The summed E-state index contributed by atoms with van der Waals surface area (Å²) < 4.78 is 3.18. The minimum absolute atomic E-state index is 0.462. The molecule has 0 bridgehead atoms. The van der Waals surface area contributed by atoms with Crippen molar-refractivity contribution in [1.82, 2.24) is 29.5 Å². The van der Waals surface area contributed by atoms with Gasteiger partial charge in [-0.3, -0.25) is 4.98 Å². The fraction of sp³-hybridized carbons (Fsp3) is 0.0784. The number of allylic oxidation sites excluding steroid dienone is 10. The lowest BCUT2D eigenvalue weighted by Gasteiger charge is -2.14. The van der Waals surface area contributed by atoms with Crippen molar-refractivity contribution in [3.63, 3.8) is 0 Å². The van der Waals surface area contributed by atoms with E-state index < -0.39 is 0 Å². The van der Waals surface area contributed by atoms with Crippen LogP contribution in [0.15, 0.2) is 141 Å². The Kier molecular flexibility index (Phi) is 15.0. The molecule has 0 aliphatic rings. The third-order valence-electron chi connectivity index (χ3n) is 10.2. The maximum absolute atomic E-state index is 5.07. The summed E-state index contributed by atoms with van der Waals surface area (Å²) in [7, 11) is 3.67. The van der Waals surface area contributed by atoms with Gasteiger partial charge in [-0.15, -0.1) is 22.7 Å². The molecule has 0 spiro atoms. The number of hydrogen-bond donors (Lipinski definition) is 0. The lowest BCUT2D eigenvalue weighted by molar-refractivity contribution is 1.04. The highest BCUT2D eigenvalue weighted by atomic mass is 32.1. The third-order valence-corrected chi connectivity index (χ3v) is 12.1. The second-order valence-electron chi connectivity index (χ2n) is 14.3. The van der Waals surface area contributed by atoms with Crippen LogP contribution in [0.5, 0.6) is 0 Å². The summed E-state index contributed by atoms with van der Waals surface area (Å²) in [5.41, 5.74) is 12.0. The molecule has 4 aromatic heterocycles. The molecule has 0 atom stereocenters. The summed E-state index contributed by atoms with van der Waals surface area (Å²) >= 11 is 3.16. The topological polar surface area (TPSA) is 69.4 Å². The molecule has 0 unspecified atom stereocenters. The van der Waals surface area contributed by atoms with Crippen molar-refractivity contribution in [2.24, 2.45) is 0 Å². The predicted octanol–water partition coefficient (Wildman–Crippen LogP) is 8.57. The second kappa shape index (κ2) is 20.7. The summed E-state index contributed by atoms with van der Waals surface area (Å²) in [4.78, 5) is 26.5. The van der Waals surface area contributed by atoms with Gasteiger partial charge in [0.25, 0.3) is 0 Å². The molecule has 6 aromatic rings. The van der Waals surface area contributed by atoms with Crippen molar-refractivity contribution in [2.75, 3.05) is 0 Å². The fourth-order valence-corrected chi connectivity index (χ4v) is 8.74. The summed E-state index contributed by atoms with van der Waals surface area (Å²) in [5, 5.41) is 1.48. The van der Waals surface area contributed by atoms with Gasteiger partial charge in [0.05, 0.1) is 15.9 Å². The lowest BCUT2D eigenvalue weighted by Crippen LogP contribution is -2.26. The Bertz CT molecular complexity index is 2900. The Hall–Kier alpha value is -6.68. The van der Waals surface area contributed by atoms with E-state index in [9.17, 15) is 0 Å². The minimum atomic E-state index is 0.462. The van der Waals surface area contributed by atoms with Crippen molar-refractivity contribution in [3.05, 3.63) is 189 Å². The highest BCUT2D eigenvalue weighted by Crippen LogP contribution is 2.29. The Morgan fingerprint density at radius 1 is 0.823 bits per heavy atom. The normalized spacial score (nSPS) is 12.7. The summed E-state index contributed by atoms with van der Waals surface area (Å²) in [6.45, 7) is 33.7. The van der Waals surface area contributed by atoms with Crippen molar-refractivity contribution in [1.29, 1.82) is 0 Å². The van der Waals surface area contributed by atoms with Crippen LogP contribution in [0.4, 0.5) is 0 Å². The first-order chi connectivity index (χ1) is 30.0. The molecule has 0 fully saturated rings. The largest absolute Gasteiger partial charge is 0.339 e. The van der Waals surface area contributed by atoms with Gasteiger partial charge in [0, 0.05) is 43.0 Å². The van der Waals surface area contributed by atoms with E-state index in [4.69, 9.17) is 24.9 Å². The molecule has 0 N–H and O–H groups in total. The smallest absolute Gasteiger partial charge is 0.177 e. The van der Waals surface area contributed by atoms with E-state index >= 15 is 0 Å². The molecule has 4 heterocycles. The first kappa shape index (κ1) is 44.9. The second-order valence-corrected chi connectivity index (χ2v) is 16.7. The van der Waals surface area contributed by atoms with Crippen molar-refractivity contribution < 1.29 is 0 Å². The first-order valence-corrected chi connectivity index (χ1v) is 22.1. The van der Waals surface area contributed by atoms with Gasteiger partial charge in [-0.25, -0.2) is 19.9 Å². The van der Waals surface area contributed by atoms with Gasteiger partial charge in [0.2, 0.25) is 0 Å². The summed E-state index contributed by atoms with van der Waals surface area (Å²) in [6.07, 6.45) is 22.0. The molecule has 0 aliphatic heterocycles. The van der Waals surface area contributed by atoms with Gasteiger partial charge >= 0.3 is 0 Å². The molecule has 6 nitrogen and oxygen atoms in total. The molecule has 0 amide bonds. The summed E-state index contributed by atoms with van der Waals surface area (Å²) in [5.74, 6) is 1.60. The maximum Gasteiger partial charge on any atom is 0.177 e. The van der Waals surface area contributed by atoms with E-state index in [0.717, 1.165) is 89.8 Å². The van der Waals surface area contributed by atoms with E-state index in [2.05, 4.69) is 95.8 Å². The highest BCUT2D eigenvalue weighted by Gasteiger charge is 2.20. The summed E-state index contributed by atoms with van der Waals surface area (Å²) in [6, 6.07) is 19.8. The zero-order valence-electron chi connectivity index (χ0n) is 36.3. The third kappa shape index (κ3) is 10.1. The van der Waals surface area contributed by atoms with E-state index in [1.165, 1.54) is 16.9 Å². The van der Waals surface area contributed by atoms with Gasteiger partial charge in [0.15, 0.2) is 39.9 Å². The fourth-order valence-electron chi connectivity index (χ4n) is 7.15. The highest BCUT2D eigenvalue weighted by molar-refractivity contribution is 7.20. The maximum atomic E-state index is 5.07. The Labute approximate surface area is 376 Å². The van der Waals surface area contributed by atoms with Crippen molar-refractivity contribution in [3.8, 4) is 22.8 Å². The van der Waals surface area contributed by atoms with E-state index in [1.807, 2.05) is 105 Å². The van der Waals surface area contributed by atoms with Crippen molar-refractivity contribution in [2.45, 2.75) is 27.5 Å². The van der Waals surface area contributed by atoms with E-state index in [-0.39, 0.29) is 0 Å². The van der Waals surface area contributed by atoms with Crippen LogP contribution in [0.1, 0.15) is 45.1 Å². The van der Waals surface area contributed by atoms with Crippen LogP contribution in [0, 0.1) is 6.92 Å². The van der Waals surface area contributed by atoms with Gasteiger partial charge in [-0.1, -0.05) is 150 Å². The van der Waals surface area contributed by atoms with Gasteiger partial charge in [-0.05, 0) is 72.1 Å². The van der Waals surface area contributed by atoms with Crippen LogP contribution >= 0.6 is 22.7 Å². The zero-order valence-corrected chi connectivity index (χ0v) is 37.9. The number of aromatic nitrogens is 6. The average Bonchev–Trinajstić information content (AvgIpc) is 3.93. The number of hydrogen-bond acceptors (Lipinski definition) is 7. The molecular weight excluding hydrogens is 793 g/mol. The van der Waals surface area contributed by atoms with Crippen LogP contribution in [0.2, 0.25) is 13.6 Å². The standard InChI is InChI=1S/C51H49B3N6S2/c1-11-15-27-40-34(7)60(45(53-9)31-43-44(14-4)62-51(52)56-43)46(54-10)41(40)30-36(13-3)32(5)28-39(22-12-2)50-55-42(35(8)61-50)29-33(6)47-57-48(37-23-18-16-19-24-37)59-49(58-47)38-25-20-17-21-26-38/h11-31,53-54H,1-4,6,8,52H2,5,7,9-10H3/b27-15-,32-28+,36-30+,39-22+,42-29+,45-31+. The van der Waals surface area contributed by atoms with Gasteiger partial charge < -0.3 is 4.57 Å². The van der Waals surface area contributed by atoms with Crippen LogP contribution in [0.3, 0.4) is 0 Å². The molecule has 6 rings (SSSR count). The lowest BCUT2D eigenvalue weighted by atomic mass is 9.72. The number of rotatable bonds is 17. The number of nitrogens with zero attached hydrogens (tertiary/aromatic N) is 6. The Morgan fingerprint density at radius 2 is 1.48 bits per heavy atom. The van der Waals surface area contributed by atoms with Crippen LogP contribution in [-0.4, -0.2) is 51.9 Å². The van der Waals surface area contributed by atoms with Gasteiger partial charge in [0.1, 0.15) is 5.01 Å². The Balaban J connectivity index is 1.40. The molecule has 0 saturated carbocycles.